The minimum absolute atomic E-state index is 0.186. The highest BCUT2D eigenvalue weighted by Crippen LogP contribution is 2.53. The molecule has 4 nitrogen and oxygen atoms in total. The first kappa shape index (κ1) is 34.0. The number of aromatic nitrogens is 3. The number of hydrogen-bond acceptors (Lipinski definition) is 3. The largest absolute Gasteiger partial charge is 0.238 e. The predicted octanol–water partition coefficient (Wildman–Crippen LogP) is 13.9. The summed E-state index contributed by atoms with van der Waals surface area (Å²) in [6.45, 7) is 12.3. The van der Waals surface area contributed by atoms with Gasteiger partial charge in [-0.3, -0.25) is 0 Å². The van der Waals surface area contributed by atoms with Gasteiger partial charge in [-0.2, -0.15) is 0 Å². The van der Waals surface area contributed by atoms with E-state index >= 15 is 0 Å². The Morgan fingerprint density at radius 3 is 1.37 bits per heavy atom. The molecule has 0 saturated carbocycles. The third kappa shape index (κ3) is 5.98. The maximum absolute atomic E-state index is 7.80. The van der Waals surface area contributed by atoms with Gasteiger partial charge >= 0.3 is 0 Å². The quantitative estimate of drug-likeness (QED) is 0.160. The van der Waals surface area contributed by atoms with Crippen molar-refractivity contribution in [1.82, 2.24) is 15.0 Å². The zero-order valence-electron chi connectivity index (χ0n) is 31.6. The van der Waals surface area contributed by atoms with E-state index in [-0.39, 0.29) is 5.41 Å². The summed E-state index contributed by atoms with van der Waals surface area (Å²) >= 11 is 0. The molecule has 4 heteroatoms. The van der Waals surface area contributed by atoms with Gasteiger partial charge in [0.1, 0.15) is 0 Å². The molecule has 0 N–H and O–H groups in total. The molecule has 10 rings (SSSR count). The highest BCUT2D eigenvalue weighted by Gasteiger charge is 2.36. The zero-order valence-corrected chi connectivity index (χ0v) is 31.6. The molecule has 1 aromatic heterocycles. The lowest BCUT2D eigenvalue weighted by molar-refractivity contribution is 0.661. The SMILES string of the molecule is [C-]#[N+]c1cccc2c1-c1ccc(-c3ccc(-c4cc5ccccc5cc4-c4ccc(-c5nc(-c6ccccc6)nc(-c6ccccc6)n5)cc4)cc3)cc1C2(C)C. The summed E-state index contributed by atoms with van der Waals surface area (Å²) in [5.41, 5.74) is 15.0. The lowest BCUT2D eigenvalue weighted by Crippen LogP contribution is -2.14. The van der Waals surface area contributed by atoms with E-state index in [1.807, 2.05) is 72.8 Å². The highest BCUT2D eigenvalue weighted by atomic mass is 15.0. The molecule has 1 heterocycles. The van der Waals surface area contributed by atoms with Crippen molar-refractivity contribution in [3.05, 3.63) is 205 Å². The van der Waals surface area contributed by atoms with Crippen LogP contribution in [0.2, 0.25) is 0 Å². The van der Waals surface area contributed by atoms with Crippen LogP contribution in [0.15, 0.2) is 182 Å². The Morgan fingerprint density at radius 2 is 0.842 bits per heavy atom. The molecule has 0 fully saturated rings. The Hall–Kier alpha value is -7.48. The fourth-order valence-electron chi connectivity index (χ4n) is 8.34. The lowest BCUT2D eigenvalue weighted by atomic mass is 9.81. The van der Waals surface area contributed by atoms with E-state index in [2.05, 4.69) is 128 Å². The van der Waals surface area contributed by atoms with Gasteiger partial charge in [0.05, 0.1) is 6.57 Å². The van der Waals surface area contributed by atoms with Crippen molar-refractivity contribution in [1.29, 1.82) is 0 Å². The van der Waals surface area contributed by atoms with Crippen LogP contribution in [0, 0.1) is 6.57 Å². The first-order valence-electron chi connectivity index (χ1n) is 19.2. The number of fused-ring (bicyclic) bond motifs is 4. The van der Waals surface area contributed by atoms with Crippen molar-refractivity contribution in [2.24, 2.45) is 0 Å². The predicted molar refractivity (Wildman–Crippen MR) is 234 cm³/mol. The number of rotatable bonds is 6. The van der Waals surface area contributed by atoms with Crippen molar-refractivity contribution >= 4 is 16.5 Å². The molecule has 0 spiro atoms. The van der Waals surface area contributed by atoms with Gasteiger partial charge in [0, 0.05) is 22.1 Å². The summed E-state index contributed by atoms with van der Waals surface area (Å²) in [6.07, 6.45) is 0. The van der Waals surface area contributed by atoms with E-state index in [1.54, 1.807) is 0 Å². The van der Waals surface area contributed by atoms with Gasteiger partial charge in [-0.1, -0.05) is 178 Å². The fraction of sp³-hybridized carbons (Fsp3) is 0.0566. The Bertz CT molecular complexity index is 2960. The summed E-state index contributed by atoms with van der Waals surface area (Å²) in [7, 11) is 0. The molecule has 9 aromatic rings. The summed E-state index contributed by atoms with van der Waals surface area (Å²) in [5.74, 6) is 1.92. The highest BCUT2D eigenvalue weighted by molar-refractivity contribution is 5.97. The van der Waals surface area contributed by atoms with Crippen LogP contribution in [0.1, 0.15) is 25.0 Å². The molecule has 0 saturated heterocycles. The second-order valence-electron chi connectivity index (χ2n) is 15.1. The fourth-order valence-corrected chi connectivity index (χ4v) is 8.34. The van der Waals surface area contributed by atoms with E-state index in [0.29, 0.717) is 17.5 Å². The minimum atomic E-state index is -0.186. The van der Waals surface area contributed by atoms with Crippen LogP contribution < -0.4 is 0 Å². The number of benzene rings is 8. The molecular weight excluding hydrogens is 693 g/mol. The summed E-state index contributed by atoms with van der Waals surface area (Å²) in [4.78, 5) is 18.6. The van der Waals surface area contributed by atoms with Crippen LogP contribution in [-0.4, -0.2) is 15.0 Å². The Balaban J connectivity index is 1.02. The van der Waals surface area contributed by atoms with Crippen molar-refractivity contribution < 1.29 is 0 Å². The molecule has 0 amide bonds. The van der Waals surface area contributed by atoms with Crippen LogP contribution in [0.25, 0.3) is 94.3 Å². The third-order valence-corrected chi connectivity index (χ3v) is 11.4. The molecule has 1 aliphatic rings. The topological polar surface area (TPSA) is 43.0 Å². The van der Waals surface area contributed by atoms with Crippen molar-refractivity contribution in [3.63, 3.8) is 0 Å². The van der Waals surface area contributed by atoms with Crippen LogP contribution in [0.4, 0.5) is 5.69 Å². The Morgan fingerprint density at radius 1 is 0.386 bits per heavy atom. The van der Waals surface area contributed by atoms with Gasteiger partial charge in [-0.25, -0.2) is 19.8 Å². The van der Waals surface area contributed by atoms with Crippen molar-refractivity contribution in [2.45, 2.75) is 19.3 Å². The summed E-state index contributed by atoms with van der Waals surface area (Å²) in [6, 6.07) is 63.6. The normalized spacial score (nSPS) is 12.5. The van der Waals surface area contributed by atoms with Gasteiger partial charge in [0.15, 0.2) is 23.2 Å². The molecule has 8 aromatic carbocycles. The van der Waals surface area contributed by atoms with Gasteiger partial charge in [-0.05, 0) is 84.6 Å². The number of nitrogens with zero attached hydrogens (tertiary/aromatic N) is 4. The first-order chi connectivity index (χ1) is 27.9. The Labute approximate surface area is 332 Å². The van der Waals surface area contributed by atoms with Gasteiger partial charge in [0.25, 0.3) is 0 Å². The van der Waals surface area contributed by atoms with E-state index in [4.69, 9.17) is 21.5 Å². The van der Waals surface area contributed by atoms with Crippen LogP contribution in [-0.2, 0) is 5.41 Å². The molecular formula is C53H36N4. The van der Waals surface area contributed by atoms with E-state index in [0.717, 1.165) is 55.8 Å². The maximum atomic E-state index is 7.80. The standard InChI is InChI=1S/C53H36N4/c1-53(2)46-19-12-20-48(54-3)49(46)43-30-29-42(33-47(43)53)34-21-23-35(24-22-34)44-31-40-17-10-11-18-41(40)32-45(44)36-25-27-39(28-26-36)52-56-50(37-13-6-4-7-14-37)55-51(57-52)38-15-8-5-9-16-38/h4-33H,1-2H3. The van der Waals surface area contributed by atoms with Gasteiger partial charge in [0.2, 0.25) is 0 Å². The zero-order chi connectivity index (χ0) is 38.5. The Kier molecular flexibility index (Phi) is 8.17. The second kappa shape index (κ2) is 13.7. The van der Waals surface area contributed by atoms with Crippen LogP contribution in [0.3, 0.4) is 0 Å². The molecule has 0 atom stereocenters. The van der Waals surface area contributed by atoms with Crippen LogP contribution >= 0.6 is 0 Å². The molecule has 0 radical (unpaired) electrons. The van der Waals surface area contributed by atoms with E-state index < -0.39 is 0 Å². The second-order valence-corrected chi connectivity index (χ2v) is 15.1. The van der Waals surface area contributed by atoms with Crippen molar-refractivity contribution in [3.8, 4) is 78.7 Å². The third-order valence-electron chi connectivity index (χ3n) is 11.4. The maximum Gasteiger partial charge on any atom is 0.195 e. The van der Waals surface area contributed by atoms with E-state index in [9.17, 15) is 0 Å². The molecule has 57 heavy (non-hydrogen) atoms. The van der Waals surface area contributed by atoms with E-state index in [1.165, 1.54) is 33.0 Å². The smallest absolute Gasteiger partial charge is 0.195 e. The minimum Gasteiger partial charge on any atom is -0.238 e. The first-order valence-corrected chi connectivity index (χ1v) is 19.2. The average molecular weight is 729 g/mol. The monoisotopic (exact) mass is 728 g/mol. The molecule has 0 unspecified atom stereocenters. The lowest BCUT2D eigenvalue weighted by Gasteiger charge is -2.22. The summed E-state index contributed by atoms with van der Waals surface area (Å²) in [5, 5.41) is 2.39. The number of hydrogen-bond donors (Lipinski definition) is 0. The molecule has 1 aliphatic carbocycles. The molecule has 268 valence electrons. The molecule has 0 aliphatic heterocycles. The van der Waals surface area contributed by atoms with Gasteiger partial charge < -0.3 is 0 Å². The van der Waals surface area contributed by atoms with Gasteiger partial charge in [-0.15, -0.1) is 0 Å². The summed E-state index contributed by atoms with van der Waals surface area (Å²) < 4.78 is 0. The average Bonchev–Trinajstić information content (AvgIpc) is 3.51. The van der Waals surface area contributed by atoms with Crippen LogP contribution in [0.5, 0.6) is 0 Å². The molecule has 0 bridgehead atoms. The van der Waals surface area contributed by atoms with Crippen molar-refractivity contribution in [2.75, 3.05) is 0 Å².